The van der Waals surface area contributed by atoms with Gasteiger partial charge in [-0.1, -0.05) is 12.2 Å². The quantitative estimate of drug-likeness (QED) is 0.603. The fourth-order valence-electron chi connectivity index (χ4n) is 1.33. The van der Waals surface area contributed by atoms with Crippen molar-refractivity contribution >= 4 is 23.2 Å². The molecule has 4 nitrogen and oxygen atoms in total. The second-order valence-electron chi connectivity index (χ2n) is 3.13. The molecule has 2 N–H and O–H groups in total. The number of aryl methyl sites for hydroxylation is 1. The number of hydrogen-bond donors (Lipinski definition) is 1. The van der Waals surface area contributed by atoms with Gasteiger partial charge in [0.1, 0.15) is 4.99 Å². The summed E-state index contributed by atoms with van der Waals surface area (Å²) in [5, 5.41) is 0. The molecule has 0 saturated heterocycles. The van der Waals surface area contributed by atoms with E-state index >= 15 is 0 Å². The molecular formula is C10H14N2O2S. The van der Waals surface area contributed by atoms with Crippen molar-refractivity contribution in [2.75, 3.05) is 7.11 Å². The first kappa shape index (κ1) is 11.7. The standard InChI is InChI=1S/C10H14N2O2S/c1-14-9(13)5-3-7-12-6-2-4-8(12)10(11)15/h2,4,6H,3,5,7H2,1H3,(H2,11,15). The zero-order valence-electron chi connectivity index (χ0n) is 8.60. The number of methoxy groups -OCH3 is 1. The molecule has 1 heterocycles. The molecule has 0 aromatic carbocycles. The molecule has 0 fully saturated rings. The first-order chi connectivity index (χ1) is 7.15. The third-order valence-corrected chi connectivity index (χ3v) is 2.30. The largest absolute Gasteiger partial charge is 0.469 e. The molecule has 1 aromatic rings. The number of ether oxygens (including phenoxy) is 1. The fourth-order valence-corrected chi connectivity index (χ4v) is 1.51. The second-order valence-corrected chi connectivity index (χ2v) is 3.57. The third-order valence-electron chi connectivity index (χ3n) is 2.09. The maximum atomic E-state index is 10.9. The maximum absolute atomic E-state index is 10.9. The first-order valence-electron chi connectivity index (χ1n) is 4.67. The van der Waals surface area contributed by atoms with Crippen LogP contribution in [-0.2, 0) is 16.1 Å². The van der Waals surface area contributed by atoms with Gasteiger partial charge in [0.25, 0.3) is 0 Å². The van der Waals surface area contributed by atoms with Gasteiger partial charge in [0, 0.05) is 19.2 Å². The van der Waals surface area contributed by atoms with Gasteiger partial charge < -0.3 is 15.0 Å². The molecule has 0 aliphatic carbocycles. The van der Waals surface area contributed by atoms with Gasteiger partial charge in [-0.15, -0.1) is 0 Å². The molecule has 0 spiro atoms. The minimum atomic E-state index is -0.195. The monoisotopic (exact) mass is 226 g/mol. The molecular weight excluding hydrogens is 212 g/mol. The average molecular weight is 226 g/mol. The first-order valence-corrected chi connectivity index (χ1v) is 5.07. The summed E-state index contributed by atoms with van der Waals surface area (Å²) in [7, 11) is 1.39. The lowest BCUT2D eigenvalue weighted by Gasteiger charge is -2.06. The van der Waals surface area contributed by atoms with Crippen molar-refractivity contribution in [1.29, 1.82) is 0 Å². The van der Waals surface area contributed by atoms with Crippen molar-refractivity contribution in [3.8, 4) is 0 Å². The highest BCUT2D eigenvalue weighted by Crippen LogP contribution is 2.05. The summed E-state index contributed by atoms with van der Waals surface area (Å²) in [6, 6.07) is 3.74. The van der Waals surface area contributed by atoms with E-state index in [0.717, 1.165) is 18.7 Å². The highest BCUT2D eigenvalue weighted by molar-refractivity contribution is 7.80. The lowest BCUT2D eigenvalue weighted by molar-refractivity contribution is -0.140. The molecule has 0 bridgehead atoms. The van der Waals surface area contributed by atoms with E-state index in [1.54, 1.807) is 0 Å². The highest BCUT2D eigenvalue weighted by atomic mass is 32.1. The number of hydrogen-bond acceptors (Lipinski definition) is 3. The van der Waals surface area contributed by atoms with Crippen molar-refractivity contribution in [3.63, 3.8) is 0 Å². The van der Waals surface area contributed by atoms with Crippen LogP contribution >= 0.6 is 12.2 Å². The van der Waals surface area contributed by atoms with Crippen LogP contribution in [0, 0.1) is 0 Å². The van der Waals surface area contributed by atoms with Gasteiger partial charge >= 0.3 is 5.97 Å². The predicted octanol–water partition coefficient (Wildman–Crippen LogP) is 1.08. The van der Waals surface area contributed by atoms with Crippen LogP contribution in [0.5, 0.6) is 0 Å². The smallest absolute Gasteiger partial charge is 0.305 e. The average Bonchev–Trinajstić information content (AvgIpc) is 2.65. The van der Waals surface area contributed by atoms with Crippen molar-refractivity contribution in [3.05, 3.63) is 24.0 Å². The van der Waals surface area contributed by atoms with E-state index in [4.69, 9.17) is 18.0 Å². The van der Waals surface area contributed by atoms with Crippen molar-refractivity contribution in [2.45, 2.75) is 19.4 Å². The molecule has 0 atom stereocenters. The van der Waals surface area contributed by atoms with E-state index in [2.05, 4.69) is 4.74 Å². The molecule has 0 radical (unpaired) electrons. The van der Waals surface area contributed by atoms with E-state index in [9.17, 15) is 4.79 Å². The van der Waals surface area contributed by atoms with Crippen LogP contribution in [0.3, 0.4) is 0 Å². The van der Waals surface area contributed by atoms with E-state index < -0.39 is 0 Å². The maximum Gasteiger partial charge on any atom is 0.305 e. The number of nitrogens with zero attached hydrogens (tertiary/aromatic N) is 1. The number of thiocarbonyl (C=S) groups is 1. The lowest BCUT2D eigenvalue weighted by Crippen LogP contribution is -2.15. The van der Waals surface area contributed by atoms with Gasteiger partial charge in [-0.2, -0.15) is 0 Å². The Bertz CT molecular complexity index is 360. The third kappa shape index (κ3) is 3.36. The number of carbonyl (C=O) groups is 1. The summed E-state index contributed by atoms with van der Waals surface area (Å²) < 4.78 is 6.48. The van der Waals surface area contributed by atoms with Crippen LogP contribution in [0.4, 0.5) is 0 Å². The van der Waals surface area contributed by atoms with Crippen LogP contribution in [0.2, 0.25) is 0 Å². The van der Waals surface area contributed by atoms with Gasteiger partial charge in [0.2, 0.25) is 0 Å². The molecule has 1 aromatic heterocycles. The molecule has 0 aliphatic rings. The van der Waals surface area contributed by atoms with Crippen molar-refractivity contribution in [1.82, 2.24) is 4.57 Å². The summed E-state index contributed by atoms with van der Waals surface area (Å²) in [5.41, 5.74) is 6.36. The second kappa shape index (κ2) is 5.50. The van der Waals surface area contributed by atoms with Crippen molar-refractivity contribution < 1.29 is 9.53 Å². The Labute approximate surface area is 94.0 Å². The molecule has 0 amide bonds. The van der Waals surface area contributed by atoms with Crippen LogP contribution in [0.25, 0.3) is 0 Å². The van der Waals surface area contributed by atoms with Crippen LogP contribution in [-0.4, -0.2) is 22.6 Å². The normalized spacial score (nSPS) is 9.93. The van der Waals surface area contributed by atoms with E-state index in [1.807, 2.05) is 22.9 Å². The molecule has 0 saturated carbocycles. The van der Waals surface area contributed by atoms with Gasteiger partial charge in [-0.05, 0) is 18.6 Å². The summed E-state index contributed by atoms with van der Waals surface area (Å²) >= 11 is 4.89. The Morgan fingerprint density at radius 3 is 3.00 bits per heavy atom. The van der Waals surface area contributed by atoms with E-state index in [0.29, 0.717) is 11.4 Å². The van der Waals surface area contributed by atoms with Crippen LogP contribution in [0.15, 0.2) is 18.3 Å². The molecule has 82 valence electrons. The number of esters is 1. The summed E-state index contributed by atoms with van der Waals surface area (Å²) in [6.45, 7) is 0.717. The lowest BCUT2D eigenvalue weighted by atomic mass is 10.3. The molecule has 15 heavy (non-hydrogen) atoms. The Kier molecular flexibility index (Phi) is 4.30. The van der Waals surface area contributed by atoms with Gasteiger partial charge in [-0.3, -0.25) is 4.79 Å². The SMILES string of the molecule is COC(=O)CCCn1cccc1C(N)=S. The predicted molar refractivity (Wildman–Crippen MR) is 61.6 cm³/mol. The van der Waals surface area contributed by atoms with Crippen LogP contribution < -0.4 is 5.73 Å². The summed E-state index contributed by atoms with van der Waals surface area (Å²) in [5.74, 6) is -0.195. The zero-order chi connectivity index (χ0) is 11.3. The zero-order valence-corrected chi connectivity index (χ0v) is 9.42. The van der Waals surface area contributed by atoms with E-state index in [1.165, 1.54) is 7.11 Å². The minimum Gasteiger partial charge on any atom is -0.469 e. The summed E-state index contributed by atoms with van der Waals surface area (Å²) in [4.78, 5) is 11.3. The van der Waals surface area contributed by atoms with Gasteiger partial charge in [0.05, 0.1) is 12.8 Å². The highest BCUT2D eigenvalue weighted by Gasteiger charge is 2.04. The Hall–Kier alpha value is -1.36. The minimum absolute atomic E-state index is 0.195. The Morgan fingerprint density at radius 2 is 2.40 bits per heavy atom. The fraction of sp³-hybridized carbons (Fsp3) is 0.400. The number of nitrogens with two attached hydrogens (primary N) is 1. The van der Waals surface area contributed by atoms with E-state index in [-0.39, 0.29) is 5.97 Å². The topological polar surface area (TPSA) is 57.2 Å². The van der Waals surface area contributed by atoms with Crippen molar-refractivity contribution in [2.24, 2.45) is 5.73 Å². The molecule has 0 unspecified atom stereocenters. The molecule has 5 heteroatoms. The van der Waals surface area contributed by atoms with Crippen LogP contribution in [0.1, 0.15) is 18.5 Å². The van der Waals surface area contributed by atoms with Gasteiger partial charge in [0.15, 0.2) is 0 Å². The van der Waals surface area contributed by atoms with Gasteiger partial charge in [-0.25, -0.2) is 0 Å². The molecule has 0 aliphatic heterocycles. The Balaban J connectivity index is 2.47. The number of rotatable bonds is 5. The molecule has 1 rings (SSSR count). The Morgan fingerprint density at radius 1 is 1.67 bits per heavy atom. The number of carbonyl (C=O) groups excluding carboxylic acids is 1. The number of aromatic nitrogens is 1. The summed E-state index contributed by atoms with van der Waals surface area (Å²) in [6.07, 6.45) is 3.02.